The Morgan fingerprint density at radius 2 is 1.89 bits per heavy atom. The number of hydrogen-bond acceptors (Lipinski definition) is 4. The molecule has 0 aliphatic carbocycles. The SMILES string of the molecule is NC(=O)c1ccccc1C[CH]c1cc(-c2ccc3c(N)n[nH]c3c2)cc(=O)[nH]1. The van der Waals surface area contributed by atoms with Crippen LogP contribution in [0, 0.1) is 6.42 Å². The number of aromatic nitrogens is 3. The Labute approximate surface area is 160 Å². The third kappa shape index (κ3) is 3.37. The summed E-state index contributed by atoms with van der Waals surface area (Å²) in [5.74, 6) is -0.0343. The van der Waals surface area contributed by atoms with Crippen molar-refractivity contribution in [2.75, 3.05) is 5.73 Å². The van der Waals surface area contributed by atoms with Crippen LogP contribution in [-0.2, 0) is 6.42 Å². The summed E-state index contributed by atoms with van der Waals surface area (Å²) in [5, 5.41) is 7.71. The predicted octanol–water partition coefficient (Wildman–Crippen LogP) is 2.39. The van der Waals surface area contributed by atoms with Crippen LogP contribution >= 0.6 is 0 Å². The molecule has 0 saturated carbocycles. The minimum atomic E-state index is -0.474. The van der Waals surface area contributed by atoms with Crippen molar-refractivity contribution < 1.29 is 4.79 Å². The fraction of sp³-hybridized carbons (Fsp3) is 0.0476. The molecule has 2 heterocycles. The lowest BCUT2D eigenvalue weighted by Gasteiger charge is -2.08. The number of aromatic amines is 2. The Morgan fingerprint density at radius 3 is 2.71 bits per heavy atom. The number of fused-ring (bicyclic) bond motifs is 1. The van der Waals surface area contributed by atoms with Crippen LogP contribution < -0.4 is 17.0 Å². The largest absolute Gasteiger partial charge is 0.382 e. The number of nitrogens with two attached hydrogens (primary N) is 2. The number of H-pyrrole nitrogens is 2. The minimum absolute atomic E-state index is 0.212. The Bertz CT molecular complexity index is 1240. The van der Waals surface area contributed by atoms with E-state index in [1.165, 1.54) is 6.07 Å². The van der Waals surface area contributed by atoms with Gasteiger partial charge in [0.25, 0.3) is 0 Å². The lowest BCUT2D eigenvalue weighted by molar-refractivity contribution is 0.0999. The lowest BCUT2D eigenvalue weighted by atomic mass is 9.99. The van der Waals surface area contributed by atoms with Gasteiger partial charge in [0.2, 0.25) is 11.5 Å². The molecule has 4 rings (SSSR count). The van der Waals surface area contributed by atoms with E-state index in [0.717, 1.165) is 27.6 Å². The monoisotopic (exact) mass is 372 g/mol. The summed E-state index contributed by atoms with van der Waals surface area (Å²) < 4.78 is 0. The second-order valence-electron chi connectivity index (χ2n) is 6.49. The molecule has 0 aliphatic heterocycles. The third-order valence-corrected chi connectivity index (χ3v) is 4.62. The number of nitrogens with one attached hydrogen (secondary N) is 2. The van der Waals surface area contributed by atoms with Crippen molar-refractivity contribution in [1.29, 1.82) is 0 Å². The van der Waals surface area contributed by atoms with Gasteiger partial charge < -0.3 is 16.5 Å². The van der Waals surface area contributed by atoms with Crippen LogP contribution in [0.1, 0.15) is 21.6 Å². The van der Waals surface area contributed by atoms with Crippen LogP contribution in [0.2, 0.25) is 0 Å². The molecular formula is C21H18N5O2. The summed E-state index contributed by atoms with van der Waals surface area (Å²) in [4.78, 5) is 26.5. The number of pyridine rings is 1. The van der Waals surface area contributed by atoms with E-state index >= 15 is 0 Å². The summed E-state index contributed by atoms with van der Waals surface area (Å²) in [5.41, 5.74) is 15.4. The Hall–Kier alpha value is -3.87. The zero-order chi connectivity index (χ0) is 19.7. The normalized spacial score (nSPS) is 11.0. The summed E-state index contributed by atoms with van der Waals surface area (Å²) in [6.45, 7) is 0. The fourth-order valence-electron chi connectivity index (χ4n) is 3.22. The molecule has 0 saturated heterocycles. The van der Waals surface area contributed by atoms with E-state index in [4.69, 9.17) is 11.5 Å². The molecule has 4 aromatic rings. The van der Waals surface area contributed by atoms with Gasteiger partial charge in [0.05, 0.1) is 5.52 Å². The molecule has 6 N–H and O–H groups in total. The molecule has 2 aromatic heterocycles. The molecule has 7 heteroatoms. The Kier molecular flexibility index (Phi) is 4.41. The van der Waals surface area contributed by atoms with Crippen molar-refractivity contribution >= 4 is 22.6 Å². The highest BCUT2D eigenvalue weighted by Gasteiger charge is 2.10. The molecule has 0 unspecified atom stereocenters. The van der Waals surface area contributed by atoms with Gasteiger partial charge in [-0.15, -0.1) is 0 Å². The van der Waals surface area contributed by atoms with Crippen LogP contribution in [0.4, 0.5) is 5.82 Å². The molecule has 0 fully saturated rings. The van der Waals surface area contributed by atoms with Crippen molar-refractivity contribution in [3.63, 3.8) is 0 Å². The van der Waals surface area contributed by atoms with Gasteiger partial charge in [0.15, 0.2) is 5.82 Å². The quantitative estimate of drug-likeness (QED) is 0.428. The van der Waals surface area contributed by atoms with Crippen molar-refractivity contribution in [1.82, 2.24) is 15.2 Å². The van der Waals surface area contributed by atoms with Crippen LogP contribution in [0.5, 0.6) is 0 Å². The number of hydrogen-bond donors (Lipinski definition) is 4. The van der Waals surface area contributed by atoms with Gasteiger partial charge in [0, 0.05) is 29.1 Å². The number of nitrogen functional groups attached to an aromatic ring is 1. The van der Waals surface area contributed by atoms with E-state index in [1.54, 1.807) is 12.1 Å². The zero-order valence-corrected chi connectivity index (χ0v) is 14.9. The summed E-state index contributed by atoms with van der Waals surface area (Å²) in [6.07, 6.45) is 2.33. The number of carbonyl (C=O) groups excluding carboxylic acids is 1. The van der Waals surface area contributed by atoms with Gasteiger partial charge in [0.1, 0.15) is 0 Å². The molecule has 28 heavy (non-hydrogen) atoms. The van der Waals surface area contributed by atoms with Gasteiger partial charge in [-0.3, -0.25) is 14.7 Å². The minimum Gasteiger partial charge on any atom is -0.382 e. The van der Waals surface area contributed by atoms with E-state index in [-0.39, 0.29) is 5.56 Å². The number of amides is 1. The molecule has 1 radical (unpaired) electrons. The Balaban J connectivity index is 1.64. The maximum absolute atomic E-state index is 12.1. The van der Waals surface area contributed by atoms with Gasteiger partial charge in [-0.25, -0.2) is 0 Å². The molecule has 0 atom stereocenters. The first kappa shape index (κ1) is 17.5. The highest BCUT2D eigenvalue weighted by molar-refractivity contribution is 5.94. The number of nitrogens with zero attached hydrogens (tertiary/aromatic N) is 1. The maximum atomic E-state index is 12.1. The molecule has 0 spiro atoms. The first-order chi connectivity index (χ1) is 13.5. The van der Waals surface area contributed by atoms with Crippen LogP contribution in [-0.4, -0.2) is 21.1 Å². The highest BCUT2D eigenvalue weighted by atomic mass is 16.1. The van der Waals surface area contributed by atoms with Crippen molar-refractivity contribution in [2.45, 2.75) is 6.42 Å². The highest BCUT2D eigenvalue weighted by Crippen LogP contribution is 2.26. The predicted molar refractivity (Wildman–Crippen MR) is 109 cm³/mol. The fourth-order valence-corrected chi connectivity index (χ4v) is 3.22. The number of rotatable bonds is 5. The van der Waals surface area contributed by atoms with Crippen LogP contribution in [0.15, 0.2) is 59.4 Å². The summed E-state index contributed by atoms with van der Waals surface area (Å²) in [7, 11) is 0. The zero-order valence-electron chi connectivity index (χ0n) is 14.9. The standard InChI is InChI=1S/C21H18N5O2/c22-20-17-8-6-13(10-18(17)25-26-20)14-9-15(24-19(27)11-14)7-5-12-3-1-2-4-16(12)21(23)28/h1-4,6-11H,5H2,(H2,23,28)(H,24,27)(H3,22,25,26). The second kappa shape index (κ2) is 7.03. The van der Waals surface area contributed by atoms with E-state index in [1.807, 2.05) is 42.8 Å². The summed E-state index contributed by atoms with van der Waals surface area (Å²) >= 11 is 0. The number of anilines is 1. The van der Waals surface area contributed by atoms with Crippen molar-refractivity contribution in [2.24, 2.45) is 5.73 Å². The number of benzene rings is 2. The van der Waals surface area contributed by atoms with E-state index in [9.17, 15) is 9.59 Å². The molecule has 1 amide bonds. The van der Waals surface area contributed by atoms with Crippen LogP contribution in [0.3, 0.4) is 0 Å². The smallest absolute Gasteiger partial charge is 0.248 e. The molecule has 0 bridgehead atoms. The van der Waals surface area contributed by atoms with Crippen LogP contribution in [0.25, 0.3) is 22.0 Å². The van der Waals surface area contributed by atoms with E-state index < -0.39 is 5.91 Å². The van der Waals surface area contributed by atoms with Gasteiger partial charge in [-0.05, 0) is 47.4 Å². The van der Waals surface area contributed by atoms with Crippen molar-refractivity contribution in [3.05, 3.63) is 88.2 Å². The topological polar surface area (TPSA) is 131 Å². The first-order valence-corrected chi connectivity index (χ1v) is 8.70. The average Bonchev–Trinajstić information content (AvgIpc) is 3.06. The van der Waals surface area contributed by atoms with E-state index in [2.05, 4.69) is 15.2 Å². The Morgan fingerprint density at radius 1 is 1.07 bits per heavy atom. The second-order valence-corrected chi connectivity index (χ2v) is 6.49. The van der Waals surface area contributed by atoms with Gasteiger partial charge >= 0.3 is 0 Å². The molecule has 2 aromatic carbocycles. The lowest BCUT2D eigenvalue weighted by Crippen LogP contribution is -2.14. The first-order valence-electron chi connectivity index (χ1n) is 8.70. The third-order valence-electron chi connectivity index (χ3n) is 4.62. The molecular weight excluding hydrogens is 354 g/mol. The van der Waals surface area contributed by atoms with Gasteiger partial charge in [-0.1, -0.05) is 24.3 Å². The number of primary amides is 1. The molecule has 139 valence electrons. The van der Waals surface area contributed by atoms with Crippen molar-refractivity contribution in [3.8, 4) is 11.1 Å². The molecule has 0 aliphatic rings. The number of carbonyl (C=O) groups is 1. The molecule has 7 nitrogen and oxygen atoms in total. The van der Waals surface area contributed by atoms with Gasteiger partial charge in [-0.2, -0.15) is 5.10 Å². The summed E-state index contributed by atoms with van der Waals surface area (Å²) in [6, 6.07) is 16.2. The van der Waals surface area contributed by atoms with E-state index in [0.29, 0.717) is 23.5 Å². The maximum Gasteiger partial charge on any atom is 0.248 e. The average molecular weight is 372 g/mol.